The predicted molar refractivity (Wildman–Crippen MR) is 84.1 cm³/mol. The molecular formula is C18H20N2O. The van der Waals surface area contributed by atoms with Crippen molar-refractivity contribution in [3.8, 4) is 0 Å². The van der Waals surface area contributed by atoms with Gasteiger partial charge in [-0.05, 0) is 50.3 Å². The molecule has 3 heteroatoms. The number of carbonyl (C=O) groups excluding carboxylic acids is 1. The van der Waals surface area contributed by atoms with Gasteiger partial charge < -0.3 is 0 Å². The number of rotatable bonds is 2. The monoisotopic (exact) mass is 280 g/mol. The highest BCUT2D eigenvalue weighted by Gasteiger charge is 2.24. The second-order valence-corrected chi connectivity index (χ2v) is 5.74. The van der Waals surface area contributed by atoms with Crippen LogP contribution in [0.4, 0.5) is 0 Å². The van der Waals surface area contributed by atoms with Gasteiger partial charge in [0.25, 0.3) is 5.91 Å². The van der Waals surface area contributed by atoms with E-state index in [4.69, 9.17) is 0 Å². The van der Waals surface area contributed by atoms with Gasteiger partial charge in [0.1, 0.15) is 0 Å². The molecule has 1 atom stereocenters. The number of aromatic nitrogens is 2. The van der Waals surface area contributed by atoms with E-state index < -0.39 is 0 Å². The highest BCUT2D eigenvalue weighted by molar-refractivity contribution is 5.82. The minimum absolute atomic E-state index is 0.0514. The van der Waals surface area contributed by atoms with Crippen molar-refractivity contribution in [2.75, 3.05) is 0 Å². The maximum Gasteiger partial charge on any atom is 0.250 e. The van der Waals surface area contributed by atoms with Crippen LogP contribution < -0.4 is 0 Å². The topological polar surface area (TPSA) is 34.9 Å². The van der Waals surface area contributed by atoms with Crippen LogP contribution in [0.5, 0.6) is 0 Å². The summed E-state index contributed by atoms with van der Waals surface area (Å²) in [6.07, 6.45) is 4.88. The summed E-state index contributed by atoms with van der Waals surface area (Å²) in [4.78, 5) is 12.5. The van der Waals surface area contributed by atoms with Gasteiger partial charge in [-0.15, -0.1) is 0 Å². The van der Waals surface area contributed by atoms with E-state index in [1.54, 1.807) is 4.68 Å². The lowest BCUT2D eigenvalue weighted by atomic mass is 9.86. The van der Waals surface area contributed by atoms with Gasteiger partial charge in [0, 0.05) is 11.6 Å². The average Bonchev–Trinajstić information content (AvgIpc) is 2.86. The quantitative estimate of drug-likeness (QED) is 0.832. The fraction of sp³-hybridized carbons (Fsp3) is 0.333. The number of hydrogen-bond acceptors (Lipinski definition) is 2. The highest BCUT2D eigenvalue weighted by Crippen LogP contribution is 2.31. The van der Waals surface area contributed by atoms with Crippen LogP contribution in [-0.2, 0) is 0 Å². The molecule has 0 aliphatic heterocycles. The van der Waals surface area contributed by atoms with Crippen molar-refractivity contribution < 1.29 is 4.79 Å². The maximum atomic E-state index is 12.5. The third-order valence-electron chi connectivity index (χ3n) is 4.12. The van der Waals surface area contributed by atoms with Crippen LogP contribution in [0, 0.1) is 19.8 Å². The van der Waals surface area contributed by atoms with E-state index in [1.807, 2.05) is 26.0 Å². The van der Waals surface area contributed by atoms with Crippen molar-refractivity contribution in [2.45, 2.75) is 33.1 Å². The molecule has 3 rings (SSSR count). The molecule has 0 radical (unpaired) electrons. The van der Waals surface area contributed by atoms with Crippen LogP contribution in [0.25, 0.3) is 5.57 Å². The fourth-order valence-corrected chi connectivity index (χ4v) is 3.00. The molecule has 1 aliphatic rings. The van der Waals surface area contributed by atoms with E-state index >= 15 is 0 Å². The first-order valence-electron chi connectivity index (χ1n) is 7.47. The highest BCUT2D eigenvalue weighted by atomic mass is 16.2. The first kappa shape index (κ1) is 13.8. The average molecular weight is 280 g/mol. The van der Waals surface area contributed by atoms with Gasteiger partial charge in [0.05, 0.1) is 5.69 Å². The zero-order valence-electron chi connectivity index (χ0n) is 12.5. The van der Waals surface area contributed by atoms with Crippen molar-refractivity contribution in [3.05, 3.63) is 59.4 Å². The lowest BCUT2D eigenvalue weighted by Crippen LogP contribution is -2.25. The standard InChI is InChI=1S/C18H20N2O/c1-13-12-14(2)20(19-13)18(21)17-10-8-16(9-11-17)15-6-4-3-5-7-15/h3-8,12,17H,9-11H2,1-2H3. The Balaban J connectivity index is 1.75. The van der Waals surface area contributed by atoms with Gasteiger partial charge in [-0.25, -0.2) is 4.68 Å². The van der Waals surface area contributed by atoms with E-state index in [1.165, 1.54) is 11.1 Å². The molecule has 0 fully saturated rings. The molecular weight excluding hydrogens is 260 g/mol. The summed E-state index contributed by atoms with van der Waals surface area (Å²) in [6, 6.07) is 12.4. The molecule has 108 valence electrons. The van der Waals surface area contributed by atoms with Gasteiger partial charge in [0.2, 0.25) is 0 Å². The Labute approximate surface area is 125 Å². The van der Waals surface area contributed by atoms with E-state index in [0.717, 1.165) is 30.7 Å². The first-order valence-corrected chi connectivity index (χ1v) is 7.47. The summed E-state index contributed by atoms with van der Waals surface area (Å²) in [6.45, 7) is 3.86. The summed E-state index contributed by atoms with van der Waals surface area (Å²) in [5, 5.41) is 4.31. The molecule has 1 aromatic heterocycles. The summed E-state index contributed by atoms with van der Waals surface area (Å²) in [5.41, 5.74) is 4.45. The van der Waals surface area contributed by atoms with Gasteiger partial charge in [0.15, 0.2) is 0 Å². The second-order valence-electron chi connectivity index (χ2n) is 5.74. The minimum atomic E-state index is 0.0514. The molecule has 0 bridgehead atoms. The third kappa shape index (κ3) is 2.82. The van der Waals surface area contributed by atoms with E-state index in [2.05, 4.69) is 35.4 Å². The Morgan fingerprint density at radius 1 is 1.24 bits per heavy atom. The summed E-state index contributed by atoms with van der Waals surface area (Å²) >= 11 is 0. The Bertz CT molecular complexity index is 682. The molecule has 1 heterocycles. The van der Waals surface area contributed by atoms with Crippen LogP contribution in [0.1, 0.15) is 41.0 Å². The summed E-state index contributed by atoms with van der Waals surface area (Å²) < 4.78 is 1.57. The number of aryl methyl sites for hydroxylation is 2. The Morgan fingerprint density at radius 2 is 2.00 bits per heavy atom. The smallest absolute Gasteiger partial charge is 0.250 e. The van der Waals surface area contributed by atoms with Crippen molar-refractivity contribution in [3.63, 3.8) is 0 Å². The maximum absolute atomic E-state index is 12.5. The number of carbonyl (C=O) groups is 1. The number of nitrogens with zero attached hydrogens (tertiary/aromatic N) is 2. The van der Waals surface area contributed by atoms with E-state index in [9.17, 15) is 4.79 Å². The molecule has 0 saturated carbocycles. The number of hydrogen-bond donors (Lipinski definition) is 0. The lowest BCUT2D eigenvalue weighted by molar-refractivity contribution is 0.0806. The van der Waals surface area contributed by atoms with Crippen LogP contribution in [-0.4, -0.2) is 15.7 Å². The Hall–Kier alpha value is -2.16. The zero-order valence-corrected chi connectivity index (χ0v) is 12.5. The molecule has 0 amide bonds. The van der Waals surface area contributed by atoms with Crippen LogP contribution >= 0.6 is 0 Å². The largest absolute Gasteiger partial charge is 0.272 e. The first-order chi connectivity index (χ1) is 10.1. The Morgan fingerprint density at radius 3 is 2.57 bits per heavy atom. The SMILES string of the molecule is Cc1cc(C)n(C(=O)C2CC=C(c3ccccc3)CC2)n1. The van der Waals surface area contributed by atoms with Crippen LogP contribution in [0.2, 0.25) is 0 Å². The normalized spacial score (nSPS) is 18.4. The molecule has 2 aromatic rings. The van der Waals surface area contributed by atoms with Crippen molar-refractivity contribution in [1.29, 1.82) is 0 Å². The molecule has 0 N–H and O–H groups in total. The van der Waals surface area contributed by atoms with Crippen molar-refractivity contribution >= 4 is 11.5 Å². The minimum Gasteiger partial charge on any atom is -0.272 e. The van der Waals surface area contributed by atoms with Crippen molar-refractivity contribution in [2.24, 2.45) is 5.92 Å². The van der Waals surface area contributed by atoms with Crippen LogP contribution in [0.3, 0.4) is 0 Å². The summed E-state index contributed by atoms with van der Waals surface area (Å²) in [7, 11) is 0. The summed E-state index contributed by atoms with van der Waals surface area (Å²) in [5.74, 6) is 0.180. The van der Waals surface area contributed by atoms with Crippen molar-refractivity contribution in [1.82, 2.24) is 9.78 Å². The predicted octanol–water partition coefficient (Wildman–Crippen LogP) is 4.02. The van der Waals surface area contributed by atoms with Gasteiger partial charge >= 0.3 is 0 Å². The third-order valence-corrected chi connectivity index (χ3v) is 4.12. The molecule has 3 nitrogen and oxygen atoms in total. The van der Waals surface area contributed by atoms with Crippen LogP contribution in [0.15, 0.2) is 42.5 Å². The number of benzene rings is 1. The second kappa shape index (κ2) is 5.68. The molecule has 0 saturated heterocycles. The van der Waals surface area contributed by atoms with Gasteiger partial charge in [-0.1, -0.05) is 36.4 Å². The van der Waals surface area contributed by atoms with E-state index in [0.29, 0.717) is 0 Å². The lowest BCUT2D eigenvalue weighted by Gasteiger charge is -2.21. The zero-order chi connectivity index (χ0) is 14.8. The van der Waals surface area contributed by atoms with Gasteiger partial charge in [-0.3, -0.25) is 4.79 Å². The fourth-order valence-electron chi connectivity index (χ4n) is 3.00. The molecule has 1 aromatic carbocycles. The molecule has 1 aliphatic carbocycles. The number of allylic oxidation sites excluding steroid dienone is 2. The molecule has 21 heavy (non-hydrogen) atoms. The molecule has 1 unspecified atom stereocenters. The van der Waals surface area contributed by atoms with E-state index in [-0.39, 0.29) is 11.8 Å². The molecule has 0 spiro atoms. The Kier molecular flexibility index (Phi) is 3.74. The van der Waals surface area contributed by atoms with Gasteiger partial charge in [-0.2, -0.15) is 5.10 Å².